The molecule has 0 spiro atoms. The maximum atomic E-state index is 12.9. The number of benzene rings is 4. The minimum absolute atomic E-state index is 0.00713. The fraction of sp³-hybridized carbons (Fsp3) is 0.0370. The maximum Gasteiger partial charge on any atom is 0.269 e. The van der Waals surface area contributed by atoms with Crippen LogP contribution in [0.5, 0.6) is 5.75 Å². The van der Waals surface area contributed by atoms with E-state index in [1.54, 1.807) is 48.5 Å². The van der Waals surface area contributed by atoms with E-state index in [4.69, 9.17) is 4.74 Å². The van der Waals surface area contributed by atoms with E-state index in [0.717, 1.165) is 16.3 Å². The number of non-ortho nitro benzene ring substituents is 1. The monoisotopic (exact) mass is 435 g/mol. The molecule has 0 aromatic heterocycles. The molecule has 0 aliphatic heterocycles. The molecule has 0 heterocycles. The Morgan fingerprint density at radius 3 is 2.09 bits per heavy atom. The van der Waals surface area contributed by atoms with Crippen molar-refractivity contribution in [2.24, 2.45) is 0 Å². The largest absolute Gasteiger partial charge is 0.488 e. The van der Waals surface area contributed by atoms with Gasteiger partial charge in [0.25, 0.3) is 5.69 Å². The van der Waals surface area contributed by atoms with E-state index >= 15 is 0 Å². The second-order valence-corrected chi connectivity index (χ2v) is 7.67. The summed E-state index contributed by atoms with van der Waals surface area (Å²) in [6.07, 6.45) is 1.61. The first-order chi connectivity index (χ1) is 16.0. The van der Waals surface area contributed by atoms with Crippen LogP contribution in [0.2, 0.25) is 0 Å². The summed E-state index contributed by atoms with van der Waals surface area (Å²) in [5.74, 6) is -0.0918. The number of nitro groups is 1. The lowest BCUT2D eigenvalue weighted by Crippen LogP contribution is -2.02. The molecule has 1 aliphatic carbocycles. The topological polar surface area (TPSA) is 86.5 Å². The lowest BCUT2D eigenvalue weighted by atomic mass is 9.99. The smallest absolute Gasteiger partial charge is 0.269 e. The Balaban J connectivity index is 1.55. The van der Waals surface area contributed by atoms with E-state index in [1.807, 2.05) is 30.3 Å². The van der Waals surface area contributed by atoms with Crippen molar-refractivity contribution < 1.29 is 19.2 Å². The molecule has 0 saturated heterocycles. The lowest BCUT2D eigenvalue weighted by molar-refractivity contribution is -0.384. The molecule has 0 bridgehead atoms. The van der Waals surface area contributed by atoms with E-state index in [0.29, 0.717) is 22.4 Å². The molecule has 33 heavy (non-hydrogen) atoms. The normalized spacial score (nSPS) is 12.7. The molecule has 5 rings (SSSR count). The first-order valence-electron chi connectivity index (χ1n) is 10.3. The van der Waals surface area contributed by atoms with Gasteiger partial charge in [0, 0.05) is 28.8 Å². The summed E-state index contributed by atoms with van der Waals surface area (Å²) in [4.78, 5) is 36.3. The third-order valence-electron chi connectivity index (χ3n) is 5.67. The Morgan fingerprint density at radius 1 is 0.788 bits per heavy atom. The molecule has 4 aromatic rings. The van der Waals surface area contributed by atoms with Crippen molar-refractivity contribution in [2.75, 3.05) is 0 Å². The third kappa shape index (κ3) is 3.68. The fourth-order valence-electron chi connectivity index (χ4n) is 3.97. The number of nitro benzene ring substituents is 1. The highest BCUT2D eigenvalue weighted by Crippen LogP contribution is 2.34. The summed E-state index contributed by atoms with van der Waals surface area (Å²) in [5.41, 5.74) is 2.32. The highest BCUT2D eigenvalue weighted by molar-refractivity contribution is 6.41. The Bertz CT molecular complexity index is 1430. The predicted molar refractivity (Wildman–Crippen MR) is 124 cm³/mol. The second kappa shape index (κ2) is 8.16. The van der Waals surface area contributed by atoms with Gasteiger partial charge < -0.3 is 4.74 Å². The van der Waals surface area contributed by atoms with Crippen molar-refractivity contribution in [2.45, 2.75) is 6.61 Å². The van der Waals surface area contributed by atoms with Crippen LogP contribution in [0.3, 0.4) is 0 Å². The van der Waals surface area contributed by atoms with Gasteiger partial charge in [-0.2, -0.15) is 0 Å². The summed E-state index contributed by atoms with van der Waals surface area (Å²) >= 11 is 0. The van der Waals surface area contributed by atoms with Crippen molar-refractivity contribution in [1.82, 2.24) is 0 Å². The van der Waals surface area contributed by atoms with Gasteiger partial charge >= 0.3 is 0 Å². The first-order valence-corrected chi connectivity index (χ1v) is 10.3. The predicted octanol–water partition coefficient (Wildman–Crippen LogP) is 5.79. The molecule has 0 saturated carbocycles. The van der Waals surface area contributed by atoms with Gasteiger partial charge in [0.1, 0.15) is 12.4 Å². The molecule has 1 aliphatic rings. The summed E-state index contributed by atoms with van der Waals surface area (Å²) in [6, 6.07) is 24.3. The number of carbonyl (C=O) groups is 2. The molecule has 160 valence electrons. The minimum atomic E-state index is -0.452. The summed E-state index contributed by atoms with van der Waals surface area (Å²) in [6.45, 7) is 0.175. The van der Waals surface area contributed by atoms with Crippen LogP contribution in [0.15, 0.2) is 90.5 Å². The average molecular weight is 435 g/mol. The number of hydrogen-bond donors (Lipinski definition) is 0. The van der Waals surface area contributed by atoms with Gasteiger partial charge in [-0.1, -0.05) is 54.6 Å². The molecule has 4 aromatic carbocycles. The number of nitrogens with zero attached hydrogens (tertiary/aromatic N) is 1. The van der Waals surface area contributed by atoms with Gasteiger partial charge in [0.05, 0.1) is 10.5 Å². The molecule has 0 atom stereocenters. The Kier molecular flexibility index (Phi) is 5.03. The van der Waals surface area contributed by atoms with E-state index in [1.165, 1.54) is 12.1 Å². The number of allylic oxidation sites excluding steroid dienone is 1. The molecule has 0 radical (unpaired) electrons. The molecule has 6 heteroatoms. The molecule has 0 unspecified atom stereocenters. The quantitative estimate of drug-likeness (QED) is 0.171. The van der Waals surface area contributed by atoms with Crippen LogP contribution < -0.4 is 4.74 Å². The number of rotatable bonds is 5. The highest BCUT2D eigenvalue weighted by Gasteiger charge is 2.33. The van der Waals surface area contributed by atoms with Crippen LogP contribution in [0, 0.1) is 10.1 Å². The van der Waals surface area contributed by atoms with Crippen LogP contribution in [0.4, 0.5) is 5.69 Å². The van der Waals surface area contributed by atoms with E-state index < -0.39 is 4.92 Å². The lowest BCUT2D eigenvalue weighted by Gasteiger charge is -2.13. The van der Waals surface area contributed by atoms with Gasteiger partial charge in [-0.15, -0.1) is 0 Å². The van der Waals surface area contributed by atoms with Crippen LogP contribution >= 0.6 is 0 Å². The standard InChI is InChI=1S/C27H17NO5/c29-26-21-7-3-4-8-22(21)27(30)24(26)15-23-20-6-2-1-5-18(20)11-14-25(23)33-16-17-9-12-19(13-10-17)28(31)32/h1-15H,16H2. The van der Waals surface area contributed by atoms with E-state index in [9.17, 15) is 19.7 Å². The van der Waals surface area contributed by atoms with Crippen molar-refractivity contribution in [3.8, 4) is 5.75 Å². The molecular weight excluding hydrogens is 418 g/mol. The average Bonchev–Trinajstić information content (AvgIpc) is 3.08. The summed E-state index contributed by atoms with van der Waals surface area (Å²) in [5, 5.41) is 12.7. The molecule has 0 N–H and O–H groups in total. The fourth-order valence-corrected chi connectivity index (χ4v) is 3.97. The Labute approximate surface area is 188 Å². The van der Waals surface area contributed by atoms with Crippen LogP contribution in [0.25, 0.3) is 16.8 Å². The summed E-state index contributed by atoms with van der Waals surface area (Å²) < 4.78 is 6.05. The number of fused-ring (bicyclic) bond motifs is 2. The van der Waals surface area contributed by atoms with Gasteiger partial charge in [-0.05, 0) is 40.6 Å². The number of ether oxygens (including phenoxy) is 1. The SMILES string of the molecule is O=C1C(=Cc2c(OCc3ccc([N+](=O)[O-])cc3)ccc3ccccc23)C(=O)c2ccccc21. The van der Waals surface area contributed by atoms with Crippen LogP contribution in [-0.4, -0.2) is 16.5 Å². The zero-order valence-electron chi connectivity index (χ0n) is 17.4. The molecule has 0 amide bonds. The van der Waals surface area contributed by atoms with Crippen molar-refractivity contribution in [3.05, 3.63) is 123 Å². The van der Waals surface area contributed by atoms with Crippen molar-refractivity contribution >= 4 is 34.1 Å². The number of Topliss-reactive ketones (excluding diaryl/α,β-unsaturated/α-hetero) is 2. The number of ketones is 2. The third-order valence-corrected chi connectivity index (χ3v) is 5.67. The van der Waals surface area contributed by atoms with Crippen LogP contribution in [0.1, 0.15) is 31.8 Å². The second-order valence-electron chi connectivity index (χ2n) is 7.67. The summed E-state index contributed by atoms with van der Waals surface area (Å²) in [7, 11) is 0. The number of hydrogen-bond acceptors (Lipinski definition) is 5. The van der Waals surface area contributed by atoms with Crippen molar-refractivity contribution in [1.29, 1.82) is 0 Å². The maximum absolute atomic E-state index is 12.9. The molecule has 0 fully saturated rings. The van der Waals surface area contributed by atoms with E-state index in [-0.39, 0.29) is 29.4 Å². The molecular formula is C27H17NO5. The Morgan fingerprint density at radius 2 is 1.42 bits per heavy atom. The highest BCUT2D eigenvalue weighted by atomic mass is 16.6. The number of carbonyl (C=O) groups excluding carboxylic acids is 2. The minimum Gasteiger partial charge on any atom is -0.488 e. The van der Waals surface area contributed by atoms with Gasteiger partial charge in [-0.25, -0.2) is 0 Å². The van der Waals surface area contributed by atoms with Crippen molar-refractivity contribution in [3.63, 3.8) is 0 Å². The zero-order valence-corrected chi connectivity index (χ0v) is 17.4. The van der Waals surface area contributed by atoms with Gasteiger partial charge in [-0.3, -0.25) is 19.7 Å². The van der Waals surface area contributed by atoms with Crippen LogP contribution in [-0.2, 0) is 6.61 Å². The zero-order chi connectivity index (χ0) is 22.9. The van der Waals surface area contributed by atoms with Gasteiger partial charge in [0.15, 0.2) is 11.6 Å². The Hall–Kier alpha value is -4.58. The first kappa shape index (κ1) is 20.3. The van der Waals surface area contributed by atoms with Gasteiger partial charge in [0.2, 0.25) is 0 Å². The van der Waals surface area contributed by atoms with E-state index in [2.05, 4.69) is 0 Å². The molecule has 6 nitrogen and oxygen atoms in total.